The van der Waals surface area contributed by atoms with Crippen LogP contribution in [0.2, 0.25) is 0 Å². The van der Waals surface area contributed by atoms with E-state index in [1.54, 1.807) is 17.5 Å². The Balaban J connectivity index is 2.51. The Labute approximate surface area is 116 Å². The maximum absolute atomic E-state index is 11.8. The van der Waals surface area contributed by atoms with Crippen LogP contribution in [-0.2, 0) is 10.0 Å². The van der Waals surface area contributed by atoms with Crippen LogP contribution in [0.15, 0.2) is 21.7 Å². The van der Waals surface area contributed by atoms with Crippen molar-refractivity contribution in [2.24, 2.45) is 5.41 Å². The molecule has 3 nitrogen and oxygen atoms in total. The molecular weight excluding hydrogens is 322 g/mol. The van der Waals surface area contributed by atoms with Crippen LogP contribution in [-0.4, -0.2) is 19.8 Å². The lowest BCUT2D eigenvalue weighted by atomic mass is 9.91. The van der Waals surface area contributed by atoms with Crippen LogP contribution in [0.5, 0.6) is 0 Å². The van der Waals surface area contributed by atoms with Gasteiger partial charge in [0.05, 0.1) is 0 Å². The van der Waals surface area contributed by atoms with E-state index < -0.39 is 10.0 Å². The molecule has 0 bridgehead atoms. The van der Waals surface area contributed by atoms with Gasteiger partial charge < -0.3 is 0 Å². The summed E-state index contributed by atoms with van der Waals surface area (Å²) in [5, 5.41) is 1.76. The highest BCUT2D eigenvalue weighted by atomic mass is 79.9. The molecule has 0 amide bonds. The summed E-state index contributed by atoms with van der Waals surface area (Å²) >= 11 is 4.73. The SMILES string of the molecule is CC(C)(C)CC(Br)CNS(=O)(=O)c1cccs1. The number of thiophene rings is 1. The van der Waals surface area contributed by atoms with Crippen molar-refractivity contribution < 1.29 is 8.42 Å². The summed E-state index contributed by atoms with van der Waals surface area (Å²) < 4.78 is 26.7. The number of hydrogen-bond donors (Lipinski definition) is 1. The molecule has 1 N–H and O–H groups in total. The second-order valence-electron chi connectivity index (χ2n) is 5.15. The number of nitrogens with one attached hydrogen (secondary N) is 1. The first-order chi connectivity index (χ1) is 7.71. The van der Waals surface area contributed by atoms with Crippen molar-refractivity contribution in [3.8, 4) is 0 Å². The highest BCUT2D eigenvalue weighted by Gasteiger charge is 2.20. The predicted molar refractivity (Wildman–Crippen MR) is 76.3 cm³/mol. The fourth-order valence-corrected chi connectivity index (χ4v) is 4.89. The molecule has 0 aliphatic rings. The van der Waals surface area contributed by atoms with E-state index in [1.165, 1.54) is 11.3 Å². The number of hydrogen-bond acceptors (Lipinski definition) is 3. The minimum absolute atomic E-state index is 0.150. The highest BCUT2D eigenvalue weighted by molar-refractivity contribution is 9.09. The Bertz CT molecular complexity index is 435. The van der Waals surface area contributed by atoms with Crippen LogP contribution in [0.25, 0.3) is 0 Å². The summed E-state index contributed by atoms with van der Waals surface area (Å²) in [6.45, 7) is 6.82. The summed E-state index contributed by atoms with van der Waals surface area (Å²) in [6, 6.07) is 3.35. The lowest BCUT2D eigenvalue weighted by Gasteiger charge is -2.22. The monoisotopic (exact) mass is 339 g/mol. The van der Waals surface area contributed by atoms with Gasteiger partial charge in [0.1, 0.15) is 4.21 Å². The molecule has 1 aromatic heterocycles. The van der Waals surface area contributed by atoms with E-state index in [2.05, 4.69) is 41.4 Å². The molecule has 0 saturated heterocycles. The van der Waals surface area contributed by atoms with E-state index in [4.69, 9.17) is 0 Å². The van der Waals surface area contributed by atoms with Crippen LogP contribution < -0.4 is 4.72 Å². The van der Waals surface area contributed by atoms with Crippen LogP contribution in [0, 0.1) is 5.41 Å². The van der Waals surface area contributed by atoms with Crippen LogP contribution in [0.3, 0.4) is 0 Å². The number of rotatable bonds is 5. The van der Waals surface area contributed by atoms with Gasteiger partial charge in [-0.2, -0.15) is 0 Å². The molecule has 0 radical (unpaired) electrons. The average molecular weight is 340 g/mol. The van der Waals surface area contributed by atoms with E-state index in [-0.39, 0.29) is 10.2 Å². The first-order valence-electron chi connectivity index (χ1n) is 5.38. The molecule has 98 valence electrons. The molecule has 1 heterocycles. The van der Waals surface area contributed by atoms with Gasteiger partial charge in [0.2, 0.25) is 10.0 Å². The second-order valence-corrected chi connectivity index (χ2v) is 9.38. The smallest absolute Gasteiger partial charge is 0.209 e. The van der Waals surface area contributed by atoms with Gasteiger partial charge in [-0.25, -0.2) is 13.1 Å². The van der Waals surface area contributed by atoms with Gasteiger partial charge in [-0.1, -0.05) is 42.8 Å². The molecular formula is C11H18BrNO2S2. The highest BCUT2D eigenvalue weighted by Crippen LogP contribution is 2.24. The molecule has 0 fully saturated rings. The summed E-state index contributed by atoms with van der Waals surface area (Å²) in [6.07, 6.45) is 0.917. The third-order valence-corrected chi connectivity index (χ3v) is 5.56. The van der Waals surface area contributed by atoms with Crippen molar-refractivity contribution in [3.05, 3.63) is 17.5 Å². The van der Waals surface area contributed by atoms with E-state index in [9.17, 15) is 8.42 Å². The van der Waals surface area contributed by atoms with E-state index in [1.807, 2.05) is 0 Å². The van der Waals surface area contributed by atoms with Crippen molar-refractivity contribution in [1.29, 1.82) is 0 Å². The maximum Gasteiger partial charge on any atom is 0.250 e. The molecule has 1 atom stereocenters. The molecule has 6 heteroatoms. The Morgan fingerprint density at radius 3 is 2.59 bits per heavy atom. The van der Waals surface area contributed by atoms with Crippen molar-refractivity contribution in [1.82, 2.24) is 4.72 Å². The topological polar surface area (TPSA) is 46.2 Å². The van der Waals surface area contributed by atoms with Gasteiger partial charge in [-0.05, 0) is 23.3 Å². The molecule has 1 unspecified atom stereocenters. The zero-order valence-corrected chi connectivity index (χ0v) is 13.5. The summed E-state index contributed by atoms with van der Waals surface area (Å²) in [5.41, 5.74) is 0.183. The van der Waals surface area contributed by atoms with Crippen molar-refractivity contribution >= 4 is 37.3 Å². The molecule has 1 aromatic rings. The predicted octanol–water partition coefficient (Wildman–Crippen LogP) is 3.23. The molecule has 0 aliphatic heterocycles. The van der Waals surface area contributed by atoms with Crippen molar-refractivity contribution in [3.63, 3.8) is 0 Å². The molecule has 0 spiro atoms. The van der Waals surface area contributed by atoms with Gasteiger partial charge in [-0.3, -0.25) is 0 Å². The molecule has 0 saturated carbocycles. The van der Waals surface area contributed by atoms with Gasteiger partial charge in [-0.15, -0.1) is 11.3 Å². The molecule has 0 aliphatic carbocycles. The van der Waals surface area contributed by atoms with Crippen LogP contribution in [0.1, 0.15) is 27.2 Å². The number of halogens is 1. The number of sulfonamides is 1. The normalized spacial score (nSPS) is 14.8. The minimum atomic E-state index is -3.33. The summed E-state index contributed by atoms with van der Waals surface area (Å²) in [7, 11) is -3.33. The van der Waals surface area contributed by atoms with Gasteiger partial charge in [0.25, 0.3) is 0 Å². The lowest BCUT2D eigenvalue weighted by molar-refractivity contribution is 0.373. The first kappa shape index (κ1) is 15.1. The quantitative estimate of drug-likeness (QED) is 0.837. The van der Waals surface area contributed by atoms with Crippen molar-refractivity contribution in [2.75, 3.05) is 6.54 Å². The summed E-state index contributed by atoms with van der Waals surface area (Å²) in [5.74, 6) is 0. The van der Waals surface area contributed by atoms with E-state index >= 15 is 0 Å². The Hall–Kier alpha value is 0.0900. The Kier molecular flexibility index (Phi) is 5.19. The van der Waals surface area contributed by atoms with E-state index in [0.29, 0.717) is 10.8 Å². The largest absolute Gasteiger partial charge is 0.250 e. The second kappa shape index (κ2) is 5.82. The Morgan fingerprint density at radius 2 is 2.12 bits per heavy atom. The first-order valence-corrected chi connectivity index (χ1v) is 8.66. The van der Waals surface area contributed by atoms with Gasteiger partial charge >= 0.3 is 0 Å². The average Bonchev–Trinajstić information content (AvgIpc) is 2.65. The third kappa shape index (κ3) is 5.50. The molecule has 0 aromatic carbocycles. The Morgan fingerprint density at radius 1 is 1.47 bits per heavy atom. The fourth-order valence-electron chi connectivity index (χ4n) is 1.42. The van der Waals surface area contributed by atoms with Crippen molar-refractivity contribution in [2.45, 2.75) is 36.2 Å². The van der Waals surface area contributed by atoms with E-state index in [0.717, 1.165) is 6.42 Å². The minimum Gasteiger partial charge on any atom is -0.209 e. The standard InChI is InChI=1S/C11H18BrNO2S2/c1-11(2,3)7-9(12)8-13-17(14,15)10-5-4-6-16-10/h4-6,9,13H,7-8H2,1-3H3. The fraction of sp³-hybridized carbons (Fsp3) is 0.636. The number of alkyl halides is 1. The van der Waals surface area contributed by atoms with Gasteiger partial charge in [0.15, 0.2) is 0 Å². The summed E-state index contributed by atoms with van der Waals surface area (Å²) in [4.78, 5) is 0.150. The van der Waals surface area contributed by atoms with Crippen LogP contribution >= 0.6 is 27.3 Å². The lowest BCUT2D eigenvalue weighted by Crippen LogP contribution is -2.31. The van der Waals surface area contributed by atoms with Crippen LogP contribution in [0.4, 0.5) is 0 Å². The zero-order chi connectivity index (χ0) is 13.1. The van der Waals surface area contributed by atoms with Gasteiger partial charge in [0, 0.05) is 11.4 Å². The zero-order valence-electron chi connectivity index (χ0n) is 10.2. The molecule has 1 rings (SSSR count). The molecule has 17 heavy (non-hydrogen) atoms. The maximum atomic E-state index is 11.8. The third-order valence-electron chi connectivity index (χ3n) is 2.09.